The molecule has 0 N–H and O–H groups in total. The van der Waals surface area contributed by atoms with E-state index in [0.29, 0.717) is 5.92 Å². The minimum Gasteiger partial charge on any atom is -0.103 e. The highest BCUT2D eigenvalue weighted by atomic mass is 14.4. The van der Waals surface area contributed by atoms with E-state index in [2.05, 4.69) is 73.3 Å². The van der Waals surface area contributed by atoms with Crippen molar-refractivity contribution in [3.63, 3.8) is 0 Å². The summed E-state index contributed by atoms with van der Waals surface area (Å²) in [7, 11) is 0. The molecule has 22 heavy (non-hydrogen) atoms. The molecule has 0 spiro atoms. The summed E-state index contributed by atoms with van der Waals surface area (Å²) >= 11 is 0. The number of allylic oxidation sites excluding steroid dienone is 1. The highest BCUT2D eigenvalue weighted by molar-refractivity contribution is 5.33. The molecule has 2 aromatic rings. The van der Waals surface area contributed by atoms with Crippen LogP contribution in [0.4, 0.5) is 0 Å². The zero-order valence-electron chi connectivity index (χ0n) is 13.3. The number of benzene rings is 2. The molecule has 2 atom stereocenters. The van der Waals surface area contributed by atoms with Gasteiger partial charge in [-0.15, -0.1) is 6.58 Å². The quantitative estimate of drug-likeness (QED) is 0.555. The summed E-state index contributed by atoms with van der Waals surface area (Å²) in [6, 6.07) is 22.1. The van der Waals surface area contributed by atoms with Crippen LogP contribution in [0.1, 0.15) is 49.1 Å². The standard InChI is InChI=1S/C22H26/c1-2-3-10-18-15-16-21(17-18)22(19-11-6-4-7-12-19)20-13-8-5-9-14-20/h2,4-9,11-14,18,21-22H,1,3,10,15-17H2. The average Bonchev–Trinajstić information content (AvgIpc) is 3.04. The summed E-state index contributed by atoms with van der Waals surface area (Å²) in [4.78, 5) is 0. The summed E-state index contributed by atoms with van der Waals surface area (Å²) in [5, 5.41) is 0. The normalized spacial score (nSPS) is 21.1. The van der Waals surface area contributed by atoms with E-state index in [1.54, 1.807) is 0 Å². The van der Waals surface area contributed by atoms with E-state index in [-0.39, 0.29) is 0 Å². The van der Waals surface area contributed by atoms with Crippen molar-refractivity contribution < 1.29 is 0 Å². The van der Waals surface area contributed by atoms with Gasteiger partial charge in [-0.3, -0.25) is 0 Å². The molecule has 2 aromatic carbocycles. The van der Waals surface area contributed by atoms with Gasteiger partial charge in [0.1, 0.15) is 0 Å². The van der Waals surface area contributed by atoms with E-state index >= 15 is 0 Å². The Bertz CT molecular complexity index is 530. The Labute approximate surface area is 134 Å². The molecule has 1 aliphatic carbocycles. The summed E-state index contributed by atoms with van der Waals surface area (Å²) in [6.45, 7) is 3.87. The summed E-state index contributed by atoms with van der Waals surface area (Å²) in [6.07, 6.45) is 8.65. The van der Waals surface area contributed by atoms with E-state index in [4.69, 9.17) is 0 Å². The van der Waals surface area contributed by atoms with Crippen LogP contribution in [0.2, 0.25) is 0 Å². The molecule has 0 amide bonds. The van der Waals surface area contributed by atoms with E-state index < -0.39 is 0 Å². The van der Waals surface area contributed by atoms with Crippen LogP contribution >= 0.6 is 0 Å². The Balaban J connectivity index is 1.83. The summed E-state index contributed by atoms with van der Waals surface area (Å²) < 4.78 is 0. The predicted molar refractivity (Wildman–Crippen MR) is 95.0 cm³/mol. The van der Waals surface area contributed by atoms with Crippen molar-refractivity contribution in [3.05, 3.63) is 84.4 Å². The van der Waals surface area contributed by atoms with Gasteiger partial charge in [0.15, 0.2) is 0 Å². The Morgan fingerprint density at radius 2 is 1.50 bits per heavy atom. The summed E-state index contributed by atoms with van der Waals surface area (Å²) in [5.74, 6) is 2.22. The van der Waals surface area contributed by atoms with Crippen LogP contribution in [0.3, 0.4) is 0 Å². The number of hydrogen-bond acceptors (Lipinski definition) is 0. The van der Waals surface area contributed by atoms with Crippen molar-refractivity contribution in [2.45, 2.75) is 38.0 Å². The second kappa shape index (κ2) is 7.45. The third kappa shape index (κ3) is 3.50. The molecular weight excluding hydrogens is 264 g/mol. The molecule has 0 aromatic heterocycles. The highest BCUT2D eigenvalue weighted by Gasteiger charge is 2.32. The first-order valence-electron chi connectivity index (χ1n) is 8.59. The third-order valence-electron chi connectivity index (χ3n) is 5.15. The van der Waals surface area contributed by atoms with Crippen LogP contribution in [0.25, 0.3) is 0 Å². The molecule has 0 nitrogen and oxygen atoms in total. The monoisotopic (exact) mass is 290 g/mol. The molecule has 2 unspecified atom stereocenters. The van der Waals surface area contributed by atoms with E-state index in [1.807, 2.05) is 0 Å². The van der Waals surface area contributed by atoms with E-state index in [9.17, 15) is 0 Å². The van der Waals surface area contributed by atoms with Crippen molar-refractivity contribution in [1.82, 2.24) is 0 Å². The van der Waals surface area contributed by atoms with Crippen LogP contribution < -0.4 is 0 Å². The second-order valence-electron chi connectivity index (χ2n) is 6.60. The second-order valence-corrected chi connectivity index (χ2v) is 6.60. The highest BCUT2D eigenvalue weighted by Crippen LogP contribution is 2.44. The topological polar surface area (TPSA) is 0 Å². The van der Waals surface area contributed by atoms with Crippen LogP contribution in [0.5, 0.6) is 0 Å². The lowest BCUT2D eigenvalue weighted by Crippen LogP contribution is -2.12. The SMILES string of the molecule is C=CCCC1CCC(C(c2ccccc2)c2ccccc2)C1. The fourth-order valence-corrected chi connectivity index (χ4v) is 4.09. The van der Waals surface area contributed by atoms with Gasteiger partial charge < -0.3 is 0 Å². The van der Waals surface area contributed by atoms with Gasteiger partial charge in [-0.05, 0) is 48.6 Å². The molecule has 0 heteroatoms. The molecule has 0 heterocycles. The van der Waals surface area contributed by atoms with Gasteiger partial charge in [0.05, 0.1) is 0 Å². The van der Waals surface area contributed by atoms with Crippen LogP contribution in [-0.4, -0.2) is 0 Å². The van der Waals surface area contributed by atoms with Gasteiger partial charge in [-0.2, -0.15) is 0 Å². The van der Waals surface area contributed by atoms with Crippen LogP contribution in [0.15, 0.2) is 73.3 Å². The first-order chi connectivity index (χ1) is 10.9. The first-order valence-corrected chi connectivity index (χ1v) is 8.59. The van der Waals surface area contributed by atoms with Gasteiger partial charge in [-0.25, -0.2) is 0 Å². The molecule has 0 aliphatic heterocycles. The minimum atomic E-state index is 0.552. The predicted octanol–water partition coefficient (Wildman–Crippen LogP) is 6.20. The lowest BCUT2D eigenvalue weighted by molar-refractivity contribution is 0.437. The Hall–Kier alpha value is -1.82. The Morgan fingerprint density at radius 3 is 2.05 bits per heavy atom. The smallest absolute Gasteiger partial charge is 0.0118 e. The lowest BCUT2D eigenvalue weighted by Gasteiger charge is -2.25. The van der Waals surface area contributed by atoms with Gasteiger partial charge >= 0.3 is 0 Å². The van der Waals surface area contributed by atoms with E-state index in [1.165, 1.54) is 43.2 Å². The maximum atomic E-state index is 3.87. The molecule has 1 aliphatic rings. The molecule has 1 saturated carbocycles. The molecule has 114 valence electrons. The molecule has 1 fully saturated rings. The zero-order chi connectivity index (χ0) is 15.2. The fourth-order valence-electron chi connectivity index (χ4n) is 4.09. The maximum absolute atomic E-state index is 3.87. The van der Waals surface area contributed by atoms with Gasteiger partial charge in [-0.1, -0.05) is 73.2 Å². The molecule has 0 saturated heterocycles. The zero-order valence-corrected chi connectivity index (χ0v) is 13.3. The van der Waals surface area contributed by atoms with Crippen molar-refractivity contribution in [3.8, 4) is 0 Å². The van der Waals surface area contributed by atoms with Gasteiger partial charge in [0, 0.05) is 5.92 Å². The number of rotatable bonds is 6. The van der Waals surface area contributed by atoms with Crippen molar-refractivity contribution in [2.75, 3.05) is 0 Å². The number of hydrogen-bond donors (Lipinski definition) is 0. The molecule has 0 radical (unpaired) electrons. The Morgan fingerprint density at radius 1 is 0.909 bits per heavy atom. The van der Waals surface area contributed by atoms with Crippen molar-refractivity contribution in [1.29, 1.82) is 0 Å². The Kier molecular flexibility index (Phi) is 5.11. The van der Waals surface area contributed by atoms with Crippen molar-refractivity contribution >= 4 is 0 Å². The van der Waals surface area contributed by atoms with Gasteiger partial charge in [0.25, 0.3) is 0 Å². The lowest BCUT2D eigenvalue weighted by atomic mass is 9.79. The van der Waals surface area contributed by atoms with E-state index in [0.717, 1.165) is 11.8 Å². The van der Waals surface area contributed by atoms with Crippen LogP contribution in [0, 0.1) is 11.8 Å². The third-order valence-corrected chi connectivity index (χ3v) is 5.15. The minimum absolute atomic E-state index is 0.552. The molecule has 0 bridgehead atoms. The average molecular weight is 290 g/mol. The fraction of sp³-hybridized carbons (Fsp3) is 0.364. The summed E-state index contributed by atoms with van der Waals surface area (Å²) in [5.41, 5.74) is 2.95. The molecule has 3 rings (SSSR count). The maximum Gasteiger partial charge on any atom is 0.0118 e. The van der Waals surface area contributed by atoms with Crippen LogP contribution in [-0.2, 0) is 0 Å². The largest absolute Gasteiger partial charge is 0.103 e. The van der Waals surface area contributed by atoms with Gasteiger partial charge in [0.2, 0.25) is 0 Å². The molecular formula is C22H26. The first kappa shape index (κ1) is 15.1. The van der Waals surface area contributed by atoms with Crippen molar-refractivity contribution in [2.24, 2.45) is 11.8 Å².